The summed E-state index contributed by atoms with van der Waals surface area (Å²) in [5, 5.41) is 0. The van der Waals surface area contributed by atoms with E-state index in [1.165, 1.54) is 23.4 Å². The van der Waals surface area contributed by atoms with Crippen molar-refractivity contribution in [1.29, 1.82) is 0 Å². The van der Waals surface area contributed by atoms with Gasteiger partial charge in [-0.3, -0.25) is 4.79 Å². The van der Waals surface area contributed by atoms with Gasteiger partial charge in [-0.25, -0.2) is 4.39 Å². The average molecular weight is 358 g/mol. The second kappa shape index (κ2) is 8.50. The lowest BCUT2D eigenvalue weighted by Crippen LogP contribution is -2.49. The van der Waals surface area contributed by atoms with Crippen molar-refractivity contribution < 1.29 is 9.18 Å². The monoisotopic (exact) mass is 358 g/mol. The molecule has 1 fully saturated rings. The molecule has 0 saturated carbocycles. The Morgan fingerprint density at radius 3 is 2.60 bits per heavy atom. The number of likely N-dealkylation sites (N-methyl/N-ethyl adjacent to an activating group) is 1. The lowest BCUT2D eigenvalue weighted by molar-refractivity contribution is -0.135. The highest BCUT2D eigenvalue weighted by atomic mass is 32.2. The maximum atomic E-state index is 13.7. The number of nitrogens with zero attached hydrogens (tertiary/aromatic N) is 2. The molecule has 0 spiro atoms. The van der Waals surface area contributed by atoms with Crippen LogP contribution in [0, 0.1) is 5.82 Å². The summed E-state index contributed by atoms with van der Waals surface area (Å²) in [6, 6.07) is 17.0. The molecule has 25 heavy (non-hydrogen) atoms. The summed E-state index contributed by atoms with van der Waals surface area (Å²) >= 11 is 1.40. The first kappa shape index (κ1) is 18.0. The van der Waals surface area contributed by atoms with E-state index < -0.39 is 0 Å². The van der Waals surface area contributed by atoms with E-state index in [4.69, 9.17) is 0 Å². The van der Waals surface area contributed by atoms with Gasteiger partial charge in [0.1, 0.15) is 5.82 Å². The van der Waals surface area contributed by atoms with Gasteiger partial charge in [0.05, 0.1) is 6.04 Å². The average Bonchev–Trinajstić information content (AvgIpc) is 2.64. The van der Waals surface area contributed by atoms with Gasteiger partial charge < -0.3 is 9.80 Å². The number of hydrogen-bond acceptors (Lipinski definition) is 3. The molecule has 0 N–H and O–H groups in total. The summed E-state index contributed by atoms with van der Waals surface area (Å²) in [5.74, 6) is 0.515. The Balaban J connectivity index is 1.62. The fourth-order valence-corrected chi connectivity index (χ4v) is 4.01. The molecule has 0 bridgehead atoms. The second-order valence-electron chi connectivity index (χ2n) is 6.30. The second-order valence-corrected chi connectivity index (χ2v) is 7.44. The Kier molecular flexibility index (Phi) is 6.10. The number of rotatable bonds is 5. The minimum absolute atomic E-state index is 0.0888. The summed E-state index contributed by atoms with van der Waals surface area (Å²) in [5.41, 5.74) is 1.17. The van der Waals surface area contributed by atoms with Crippen molar-refractivity contribution in [3.63, 3.8) is 0 Å². The van der Waals surface area contributed by atoms with Crippen LogP contribution in [0.5, 0.6) is 0 Å². The Hall–Kier alpha value is -1.85. The van der Waals surface area contributed by atoms with Crippen LogP contribution in [0.25, 0.3) is 0 Å². The Labute approximate surface area is 152 Å². The summed E-state index contributed by atoms with van der Waals surface area (Å²) < 4.78 is 13.7. The molecule has 2 aromatic carbocycles. The van der Waals surface area contributed by atoms with Crippen molar-refractivity contribution in [2.75, 3.05) is 32.4 Å². The van der Waals surface area contributed by atoms with E-state index in [1.807, 2.05) is 29.2 Å². The molecule has 1 aliphatic rings. The van der Waals surface area contributed by atoms with E-state index in [2.05, 4.69) is 24.1 Å². The number of thioether (sulfide) groups is 1. The fraction of sp³-hybridized carbons (Fsp3) is 0.350. The highest BCUT2D eigenvalue weighted by Crippen LogP contribution is 2.27. The molecule has 2 aromatic rings. The highest BCUT2D eigenvalue weighted by Gasteiger charge is 2.29. The molecule has 1 unspecified atom stereocenters. The topological polar surface area (TPSA) is 23.6 Å². The third-order valence-electron chi connectivity index (χ3n) is 4.50. The first-order valence-corrected chi connectivity index (χ1v) is 9.54. The molecule has 1 saturated heterocycles. The molecule has 5 heteroatoms. The molecule has 1 aliphatic heterocycles. The van der Waals surface area contributed by atoms with Crippen LogP contribution in [0.4, 0.5) is 4.39 Å². The SMILES string of the molecule is CN1CCN(C(=O)CCSc2ccccc2F)C(c2ccccc2)C1. The summed E-state index contributed by atoms with van der Waals surface area (Å²) in [4.78, 5) is 17.6. The van der Waals surface area contributed by atoms with Gasteiger partial charge in [0.15, 0.2) is 0 Å². The molecule has 132 valence electrons. The van der Waals surface area contributed by atoms with Crippen LogP contribution in [0.15, 0.2) is 59.5 Å². The van der Waals surface area contributed by atoms with Crippen molar-refractivity contribution >= 4 is 17.7 Å². The van der Waals surface area contributed by atoms with Crippen molar-refractivity contribution in [2.24, 2.45) is 0 Å². The molecule has 1 atom stereocenters. The number of halogens is 1. The minimum atomic E-state index is -0.221. The van der Waals surface area contributed by atoms with E-state index in [0.29, 0.717) is 17.1 Å². The zero-order chi connectivity index (χ0) is 17.6. The third kappa shape index (κ3) is 4.61. The Bertz CT molecular complexity index is 710. The lowest BCUT2D eigenvalue weighted by atomic mass is 10.0. The number of amides is 1. The predicted molar refractivity (Wildman–Crippen MR) is 100 cm³/mol. The summed E-state index contributed by atoms with van der Waals surface area (Å²) in [7, 11) is 2.09. The van der Waals surface area contributed by atoms with Gasteiger partial charge in [0.25, 0.3) is 0 Å². The number of carbonyl (C=O) groups excluding carboxylic acids is 1. The molecule has 3 rings (SSSR count). The zero-order valence-electron chi connectivity index (χ0n) is 14.4. The third-order valence-corrected chi connectivity index (χ3v) is 5.55. The number of hydrogen-bond donors (Lipinski definition) is 0. The first-order chi connectivity index (χ1) is 12.1. The van der Waals surface area contributed by atoms with Crippen molar-refractivity contribution in [3.05, 3.63) is 66.0 Å². The van der Waals surface area contributed by atoms with E-state index in [1.54, 1.807) is 12.1 Å². The maximum Gasteiger partial charge on any atom is 0.224 e. The summed E-state index contributed by atoms with van der Waals surface area (Å²) in [6.07, 6.45) is 0.423. The van der Waals surface area contributed by atoms with Crippen molar-refractivity contribution in [1.82, 2.24) is 9.80 Å². The van der Waals surface area contributed by atoms with Gasteiger partial charge in [-0.1, -0.05) is 42.5 Å². The van der Waals surface area contributed by atoms with Gasteiger partial charge in [0.2, 0.25) is 5.91 Å². The van der Waals surface area contributed by atoms with E-state index in [9.17, 15) is 9.18 Å². The minimum Gasteiger partial charge on any atom is -0.333 e. The van der Waals surface area contributed by atoms with Gasteiger partial charge in [-0.15, -0.1) is 11.8 Å². The van der Waals surface area contributed by atoms with Gasteiger partial charge in [-0.05, 0) is 24.7 Å². The Morgan fingerprint density at radius 2 is 1.84 bits per heavy atom. The lowest BCUT2D eigenvalue weighted by Gasteiger charge is -2.40. The fourth-order valence-electron chi connectivity index (χ4n) is 3.13. The number of carbonyl (C=O) groups is 1. The molecule has 3 nitrogen and oxygen atoms in total. The molecular formula is C20H23FN2OS. The zero-order valence-corrected chi connectivity index (χ0v) is 15.2. The van der Waals surface area contributed by atoms with E-state index in [0.717, 1.165) is 19.6 Å². The quantitative estimate of drug-likeness (QED) is 0.759. The van der Waals surface area contributed by atoms with E-state index >= 15 is 0 Å². The van der Waals surface area contributed by atoms with Crippen LogP contribution in [0.3, 0.4) is 0 Å². The smallest absolute Gasteiger partial charge is 0.224 e. The molecule has 0 aliphatic carbocycles. The van der Waals surface area contributed by atoms with Crippen molar-refractivity contribution in [2.45, 2.75) is 17.4 Å². The normalized spacial score (nSPS) is 18.3. The van der Waals surface area contributed by atoms with Crippen LogP contribution in [0.1, 0.15) is 18.0 Å². The van der Waals surface area contributed by atoms with Crippen LogP contribution in [0.2, 0.25) is 0 Å². The molecule has 1 heterocycles. The number of piperazine rings is 1. The van der Waals surface area contributed by atoms with Crippen LogP contribution >= 0.6 is 11.8 Å². The van der Waals surface area contributed by atoms with Crippen LogP contribution < -0.4 is 0 Å². The van der Waals surface area contributed by atoms with Crippen molar-refractivity contribution in [3.8, 4) is 0 Å². The largest absolute Gasteiger partial charge is 0.333 e. The highest BCUT2D eigenvalue weighted by molar-refractivity contribution is 7.99. The van der Waals surface area contributed by atoms with Crippen LogP contribution in [-0.4, -0.2) is 48.1 Å². The molecular weight excluding hydrogens is 335 g/mol. The predicted octanol–water partition coefficient (Wildman–Crippen LogP) is 3.82. The Morgan fingerprint density at radius 1 is 1.12 bits per heavy atom. The van der Waals surface area contributed by atoms with Crippen LogP contribution in [-0.2, 0) is 4.79 Å². The van der Waals surface area contributed by atoms with E-state index in [-0.39, 0.29) is 17.8 Å². The molecule has 0 radical (unpaired) electrons. The molecule has 1 amide bonds. The molecule has 0 aromatic heterocycles. The van der Waals surface area contributed by atoms with Gasteiger partial charge in [0, 0.05) is 36.7 Å². The number of benzene rings is 2. The summed E-state index contributed by atoms with van der Waals surface area (Å²) in [6.45, 7) is 2.46. The van der Waals surface area contributed by atoms with Gasteiger partial charge >= 0.3 is 0 Å². The van der Waals surface area contributed by atoms with Gasteiger partial charge in [-0.2, -0.15) is 0 Å². The standard InChI is InChI=1S/C20H23FN2OS/c1-22-12-13-23(18(15-22)16-7-3-2-4-8-16)20(24)11-14-25-19-10-6-5-9-17(19)21/h2-10,18H,11-15H2,1H3. The first-order valence-electron chi connectivity index (χ1n) is 8.55. The maximum absolute atomic E-state index is 13.7.